The van der Waals surface area contributed by atoms with Crippen LogP contribution in [-0.4, -0.2) is 14.9 Å². The van der Waals surface area contributed by atoms with E-state index in [0.29, 0.717) is 11.6 Å². The number of Topliss-reactive ketones (excluding diaryl/α,β-unsaturated/α-hetero) is 1. The molecule has 0 aliphatic heterocycles. The summed E-state index contributed by atoms with van der Waals surface area (Å²) in [4.78, 5) is 12.6. The van der Waals surface area contributed by atoms with Gasteiger partial charge in [-0.3, -0.25) is 4.79 Å². The number of nitrogens with zero attached hydrogens (tertiary/aromatic N) is 2. The summed E-state index contributed by atoms with van der Waals surface area (Å²) >= 11 is 6.23. The van der Waals surface area contributed by atoms with Gasteiger partial charge in [-0.1, -0.05) is 29.8 Å². The predicted octanol–water partition coefficient (Wildman–Crippen LogP) is 4.13. The Labute approximate surface area is 128 Å². The Hall–Kier alpha value is -2.00. The van der Waals surface area contributed by atoms with Crippen LogP contribution in [0.4, 0.5) is 0 Å². The predicted molar refractivity (Wildman–Crippen MR) is 86.2 cm³/mol. The van der Waals surface area contributed by atoms with Crippen LogP contribution in [0.15, 0.2) is 36.5 Å². The van der Waals surface area contributed by atoms with Crippen molar-refractivity contribution < 1.29 is 4.79 Å². The fourth-order valence-electron chi connectivity index (χ4n) is 2.71. The number of carbonyl (C=O) groups excluding carboxylic acids is 1. The molecule has 0 radical (unpaired) electrons. The van der Waals surface area contributed by atoms with E-state index in [4.69, 9.17) is 11.6 Å². The van der Waals surface area contributed by atoms with E-state index in [-0.39, 0.29) is 5.78 Å². The number of benzene rings is 1. The molecule has 0 N–H and O–H groups in total. The van der Waals surface area contributed by atoms with Crippen molar-refractivity contribution in [3.8, 4) is 0 Å². The van der Waals surface area contributed by atoms with Crippen molar-refractivity contribution in [2.24, 2.45) is 7.05 Å². The zero-order valence-electron chi connectivity index (χ0n) is 12.4. The van der Waals surface area contributed by atoms with E-state index in [1.54, 1.807) is 0 Å². The molecule has 2 aromatic heterocycles. The maximum absolute atomic E-state index is 12.6. The van der Waals surface area contributed by atoms with E-state index >= 15 is 0 Å². The summed E-state index contributed by atoms with van der Waals surface area (Å²) < 4.78 is 3.95. The second-order valence-corrected chi connectivity index (χ2v) is 5.80. The number of para-hydroxylation sites is 1. The zero-order valence-corrected chi connectivity index (χ0v) is 13.1. The number of hydrogen-bond donors (Lipinski definition) is 0. The topological polar surface area (TPSA) is 26.9 Å². The fourth-order valence-corrected chi connectivity index (χ4v) is 2.99. The van der Waals surface area contributed by atoms with Gasteiger partial charge >= 0.3 is 0 Å². The van der Waals surface area contributed by atoms with Crippen LogP contribution in [0.3, 0.4) is 0 Å². The number of carbonyl (C=O) groups is 1. The van der Waals surface area contributed by atoms with E-state index in [9.17, 15) is 4.79 Å². The molecule has 0 spiro atoms. The van der Waals surface area contributed by atoms with Gasteiger partial charge in [-0.25, -0.2) is 0 Å². The van der Waals surface area contributed by atoms with Crippen LogP contribution in [0.2, 0.25) is 5.02 Å². The van der Waals surface area contributed by atoms with E-state index in [1.165, 1.54) is 0 Å². The standard InChI is InChI=1S/C17H17ClN2O/c1-11-8-14(12(2)19(11)3)17(21)10-20-9-15(18)13-6-4-5-7-16(13)20/h4-9H,10H2,1-3H3. The van der Waals surface area contributed by atoms with Crippen LogP contribution in [0.25, 0.3) is 10.9 Å². The Bertz CT molecular complexity index is 842. The highest BCUT2D eigenvalue weighted by Gasteiger charge is 2.16. The lowest BCUT2D eigenvalue weighted by Gasteiger charge is -2.05. The van der Waals surface area contributed by atoms with Crippen molar-refractivity contribution in [3.63, 3.8) is 0 Å². The largest absolute Gasteiger partial charge is 0.351 e. The second kappa shape index (κ2) is 5.08. The SMILES string of the molecule is Cc1cc(C(=O)Cn2cc(Cl)c3ccccc32)c(C)n1C. The van der Waals surface area contributed by atoms with Crippen LogP contribution in [0.1, 0.15) is 21.7 Å². The Kier molecular flexibility index (Phi) is 3.38. The lowest BCUT2D eigenvalue weighted by Crippen LogP contribution is -2.10. The summed E-state index contributed by atoms with van der Waals surface area (Å²) in [6, 6.07) is 9.81. The molecule has 0 fully saturated rings. The molecule has 0 aliphatic carbocycles. The third kappa shape index (κ3) is 2.28. The molecule has 1 aromatic carbocycles. The van der Waals surface area contributed by atoms with Crippen LogP contribution < -0.4 is 0 Å². The van der Waals surface area contributed by atoms with E-state index < -0.39 is 0 Å². The average molecular weight is 301 g/mol. The first-order chi connectivity index (χ1) is 9.99. The van der Waals surface area contributed by atoms with Gasteiger partial charge in [-0.05, 0) is 26.0 Å². The van der Waals surface area contributed by atoms with Crippen LogP contribution in [-0.2, 0) is 13.6 Å². The molecule has 2 heterocycles. The molecule has 0 aliphatic rings. The summed E-state index contributed by atoms with van der Waals surface area (Å²) in [7, 11) is 1.98. The van der Waals surface area contributed by atoms with Crippen LogP contribution in [0, 0.1) is 13.8 Å². The highest BCUT2D eigenvalue weighted by atomic mass is 35.5. The zero-order chi connectivity index (χ0) is 15.1. The molecule has 3 nitrogen and oxygen atoms in total. The van der Waals surface area contributed by atoms with Gasteiger partial charge in [0.05, 0.1) is 11.6 Å². The van der Waals surface area contributed by atoms with Gasteiger partial charge in [0.25, 0.3) is 0 Å². The number of hydrogen-bond acceptors (Lipinski definition) is 1. The van der Waals surface area contributed by atoms with E-state index in [1.807, 2.05) is 66.6 Å². The Balaban J connectivity index is 1.98. The number of aryl methyl sites for hydroxylation is 1. The van der Waals surface area contributed by atoms with Crippen molar-refractivity contribution in [1.29, 1.82) is 0 Å². The molecule has 4 heteroatoms. The monoisotopic (exact) mass is 300 g/mol. The Morgan fingerprint density at radius 1 is 1.24 bits per heavy atom. The number of ketones is 1. The fraction of sp³-hybridized carbons (Fsp3) is 0.235. The van der Waals surface area contributed by atoms with Gasteiger partial charge in [0, 0.05) is 41.1 Å². The number of halogens is 1. The number of fused-ring (bicyclic) bond motifs is 1. The minimum absolute atomic E-state index is 0.105. The minimum Gasteiger partial charge on any atom is -0.351 e. The summed E-state index contributed by atoms with van der Waals surface area (Å²) in [5.74, 6) is 0.105. The first-order valence-electron chi connectivity index (χ1n) is 6.88. The van der Waals surface area contributed by atoms with Gasteiger partial charge in [0.15, 0.2) is 5.78 Å². The lowest BCUT2D eigenvalue weighted by atomic mass is 10.1. The number of rotatable bonds is 3. The minimum atomic E-state index is 0.105. The van der Waals surface area contributed by atoms with Crippen molar-refractivity contribution in [2.75, 3.05) is 0 Å². The second-order valence-electron chi connectivity index (χ2n) is 5.39. The maximum Gasteiger partial charge on any atom is 0.184 e. The highest BCUT2D eigenvalue weighted by Crippen LogP contribution is 2.26. The van der Waals surface area contributed by atoms with Gasteiger partial charge < -0.3 is 9.13 Å². The van der Waals surface area contributed by atoms with Gasteiger partial charge in [-0.2, -0.15) is 0 Å². The van der Waals surface area contributed by atoms with Gasteiger partial charge in [0.2, 0.25) is 0 Å². The molecule has 0 saturated carbocycles. The molecule has 0 bridgehead atoms. The summed E-state index contributed by atoms with van der Waals surface area (Å²) in [5.41, 5.74) is 3.86. The normalized spacial score (nSPS) is 11.2. The van der Waals surface area contributed by atoms with E-state index in [2.05, 4.69) is 0 Å². The summed E-state index contributed by atoms with van der Waals surface area (Å²) in [6.45, 7) is 4.28. The molecule has 0 amide bonds. The van der Waals surface area contributed by atoms with Gasteiger partial charge in [-0.15, -0.1) is 0 Å². The van der Waals surface area contributed by atoms with Gasteiger partial charge in [0.1, 0.15) is 0 Å². The Morgan fingerprint density at radius 3 is 2.62 bits per heavy atom. The van der Waals surface area contributed by atoms with Crippen molar-refractivity contribution in [1.82, 2.24) is 9.13 Å². The van der Waals surface area contributed by atoms with Crippen molar-refractivity contribution in [2.45, 2.75) is 20.4 Å². The molecule has 3 rings (SSSR count). The first kappa shape index (κ1) is 14.0. The molecule has 0 atom stereocenters. The highest BCUT2D eigenvalue weighted by molar-refractivity contribution is 6.35. The van der Waals surface area contributed by atoms with E-state index in [0.717, 1.165) is 27.9 Å². The third-order valence-electron chi connectivity index (χ3n) is 4.13. The summed E-state index contributed by atoms with van der Waals surface area (Å²) in [5, 5.41) is 1.66. The third-order valence-corrected chi connectivity index (χ3v) is 4.43. The maximum atomic E-state index is 12.6. The first-order valence-corrected chi connectivity index (χ1v) is 7.26. The Morgan fingerprint density at radius 2 is 1.95 bits per heavy atom. The van der Waals surface area contributed by atoms with Crippen LogP contribution in [0.5, 0.6) is 0 Å². The average Bonchev–Trinajstić information content (AvgIpc) is 2.92. The quantitative estimate of drug-likeness (QED) is 0.668. The van der Waals surface area contributed by atoms with Crippen molar-refractivity contribution in [3.05, 3.63) is 58.5 Å². The summed E-state index contributed by atoms with van der Waals surface area (Å²) in [6.07, 6.45) is 1.83. The molecule has 0 unspecified atom stereocenters. The molecule has 3 aromatic rings. The smallest absolute Gasteiger partial charge is 0.184 e. The molecular weight excluding hydrogens is 284 g/mol. The molecule has 108 valence electrons. The molecular formula is C17H17ClN2O. The lowest BCUT2D eigenvalue weighted by molar-refractivity contribution is 0.0973. The van der Waals surface area contributed by atoms with Crippen molar-refractivity contribution >= 4 is 28.3 Å². The molecule has 0 saturated heterocycles. The molecule has 21 heavy (non-hydrogen) atoms. The number of aromatic nitrogens is 2. The van der Waals surface area contributed by atoms with Crippen LogP contribution >= 0.6 is 11.6 Å².